The summed E-state index contributed by atoms with van der Waals surface area (Å²) in [6, 6.07) is 0. The number of nitro groups is 1. The molecule has 1 unspecified atom stereocenters. The first-order valence-corrected chi connectivity index (χ1v) is 6.87. The number of likely N-dealkylation sites (tertiary alicyclic amines) is 1. The molecule has 0 aliphatic carbocycles. The van der Waals surface area contributed by atoms with E-state index < -0.39 is 5.60 Å². The van der Waals surface area contributed by atoms with Crippen molar-refractivity contribution in [3.63, 3.8) is 0 Å². The lowest BCUT2D eigenvalue weighted by atomic mass is 9.93. The largest absolute Gasteiger partial charge is 0.444 e. The van der Waals surface area contributed by atoms with Gasteiger partial charge in [0.05, 0.1) is 0 Å². The van der Waals surface area contributed by atoms with Crippen LogP contribution in [0.2, 0.25) is 0 Å². The van der Waals surface area contributed by atoms with Gasteiger partial charge in [0.1, 0.15) is 5.60 Å². The molecule has 0 aromatic rings. The third-order valence-corrected chi connectivity index (χ3v) is 3.12. The Morgan fingerprint density at radius 1 is 1.47 bits per heavy atom. The molecule has 0 radical (unpaired) electrons. The van der Waals surface area contributed by atoms with Crippen molar-refractivity contribution in [2.45, 2.75) is 52.1 Å². The highest BCUT2D eigenvalue weighted by molar-refractivity contribution is 5.68. The summed E-state index contributed by atoms with van der Waals surface area (Å²) in [7, 11) is 0. The summed E-state index contributed by atoms with van der Waals surface area (Å²) >= 11 is 0. The van der Waals surface area contributed by atoms with Gasteiger partial charge in [0.25, 0.3) is 0 Å². The lowest BCUT2D eigenvalue weighted by molar-refractivity contribution is -0.480. The molecule has 1 aliphatic heterocycles. The maximum Gasteiger partial charge on any atom is 0.410 e. The second-order valence-electron chi connectivity index (χ2n) is 6.13. The highest BCUT2D eigenvalue weighted by Gasteiger charge is 2.27. The van der Waals surface area contributed by atoms with Crippen LogP contribution in [-0.4, -0.2) is 41.2 Å². The lowest BCUT2D eigenvalue weighted by Gasteiger charge is -2.34. The molecule has 1 heterocycles. The minimum Gasteiger partial charge on any atom is -0.444 e. The summed E-state index contributed by atoms with van der Waals surface area (Å²) in [5, 5.41) is 10.3. The predicted octanol–water partition coefficient (Wildman–Crippen LogP) is 2.69. The summed E-state index contributed by atoms with van der Waals surface area (Å²) in [6.07, 6.45) is 3.10. The molecule has 0 bridgehead atoms. The quantitative estimate of drug-likeness (QED) is 0.582. The average Bonchev–Trinajstić information content (AvgIpc) is 2.26. The van der Waals surface area contributed by atoms with Crippen molar-refractivity contribution in [3.05, 3.63) is 10.1 Å². The fraction of sp³-hybridized carbons (Fsp3) is 0.923. The Morgan fingerprint density at radius 2 is 2.16 bits per heavy atom. The van der Waals surface area contributed by atoms with Crippen LogP contribution in [0.15, 0.2) is 0 Å². The van der Waals surface area contributed by atoms with Crippen LogP contribution in [0.4, 0.5) is 4.79 Å². The van der Waals surface area contributed by atoms with Gasteiger partial charge in [-0.1, -0.05) is 0 Å². The van der Waals surface area contributed by atoms with Crippen LogP contribution >= 0.6 is 0 Å². The van der Waals surface area contributed by atoms with Gasteiger partial charge in [0.2, 0.25) is 6.54 Å². The smallest absolute Gasteiger partial charge is 0.410 e. The first-order valence-electron chi connectivity index (χ1n) is 6.87. The average molecular weight is 272 g/mol. The Morgan fingerprint density at radius 3 is 2.74 bits per heavy atom. The molecule has 1 fully saturated rings. The molecule has 110 valence electrons. The Kier molecular flexibility index (Phi) is 5.57. The van der Waals surface area contributed by atoms with E-state index in [4.69, 9.17) is 4.74 Å². The van der Waals surface area contributed by atoms with Crippen LogP contribution in [0.25, 0.3) is 0 Å². The SMILES string of the molecule is CC(C)(C)OC(=O)N1CCCC(CCC[N+](=O)[O-])C1. The van der Waals surface area contributed by atoms with Crippen LogP contribution in [0, 0.1) is 16.0 Å². The zero-order valence-electron chi connectivity index (χ0n) is 12.1. The van der Waals surface area contributed by atoms with Crippen molar-refractivity contribution in [3.8, 4) is 0 Å². The molecule has 6 heteroatoms. The number of ether oxygens (including phenoxy) is 1. The van der Waals surface area contributed by atoms with Gasteiger partial charge >= 0.3 is 6.09 Å². The molecule has 0 aromatic carbocycles. The van der Waals surface area contributed by atoms with Crippen molar-refractivity contribution in [1.29, 1.82) is 0 Å². The van der Waals surface area contributed by atoms with Gasteiger partial charge in [-0.3, -0.25) is 10.1 Å². The van der Waals surface area contributed by atoms with E-state index in [-0.39, 0.29) is 17.6 Å². The number of nitrogens with zero attached hydrogens (tertiary/aromatic N) is 2. The number of carbonyl (C=O) groups excluding carboxylic acids is 1. The van der Waals surface area contributed by atoms with Gasteiger partial charge in [-0.15, -0.1) is 0 Å². The van der Waals surface area contributed by atoms with E-state index in [0.29, 0.717) is 18.9 Å². The van der Waals surface area contributed by atoms with E-state index in [9.17, 15) is 14.9 Å². The highest BCUT2D eigenvalue weighted by atomic mass is 16.6. The summed E-state index contributed by atoms with van der Waals surface area (Å²) in [6.45, 7) is 6.95. The zero-order chi connectivity index (χ0) is 14.5. The van der Waals surface area contributed by atoms with Crippen molar-refractivity contribution in [2.75, 3.05) is 19.6 Å². The molecule has 1 saturated heterocycles. The lowest BCUT2D eigenvalue weighted by Crippen LogP contribution is -2.42. The Labute approximate surface area is 114 Å². The van der Waals surface area contributed by atoms with Gasteiger partial charge in [0, 0.05) is 24.4 Å². The number of amides is 1. The zero-order valence-corrected chi connectivity index (χ0v) is 12.1. The van der Waals surface area contributed by atoms with Crippen molar-refractivity contribution in [1.82, 2.24) is 4.90 Å². The van der Waals surface area contributed by atoms with Crippen molar-refractivity contribution in [2.24, 2.45) is 5.92 Å². The minimum atomic E-state index is -0.477. The van der Waals surface area contributed by atoms with E-state index in [2.05, 4.69) is 0 Å². The van der Waals surface area contributed by atoms with E-state index >= 15 is 0 Å². The topological polar surface area (TPSA) is 72.7 Å². The van der Waals surface area contributed by atoms with Crippen molar-refractivity contribution < 1.29 is 14.5 Å². The first-order chi connectivity index (χ1) is 8.78. The molecular weight excluding hydrogens is 248 g/mol. The van der Waals surface area contributed by atoms with Crippen LogP contribution < -0.4 is 0 Å². The van der Waals surface area contributed by atoms with Gasteiger partial charge in [0.15, 0.2) is 0 Å². The number of hydrogen-bond acceptors (Lipinski definition) is 4. The molecular formula is C13H24N2O4. The molecule has 1 aliphatic rings. The maximum absolute atomic E-state index is 11.9. The Balaban J connectivity index is 2.37. The van der Waals surface area contributed by atoms with Crippen molar-refractivity contribution >= 4 is 6.09 Å². The normalized spacial score (nSPS) is 20.2. The molecule has 0 spiro atoms. The van der Waals surface area contributed by atoms with Gasteiger partial charge in [-0.2, -0.15) is 0 Å². The number of rotatable bonds is 4. The molecule has 1 atom stereocenters. The third-order valence-electron chi connectivity index (χ3n) is 3.12. The summed E-state index contributed by atoms with van der Waals surface area (Å²) in [4.78, 5) is 23.7. The summed E-state index contributed by atoms with van der Waals surface area (Å²) in [5.41, 5.74) is -0.477. The van der Waals surface area contributed by atoms with Gasteiger partial charge < -0.3 is 9.64 Å². The summed E-state index contributed by atoms with van der Waals surface area (Å²) < 4.78 is 5.35. The summed E-state index contributed by atoms with van der Waals surface area (Å²) in [5.74, 6) is 0.362. The standard InChI is InChI=1S/C13H24N2O4/c1-13(2,3)19-12(16)14-8-4-6-11(10-14)7-5-9-15(17)18/h11H,4-10H2,1-3H3. The van der Waals surface area contributed by atoms with E-state index in [1.807, 2.05) is 20.8 Å². The molecule has 0 aromatic heterocycles. The number of piperidine rings is 1. The fourth-order valence-corrected chi connectivity index (χ4v) is 2.30. The van der Waals surface area contributed by atoms with Crippen LogP contribution in [0.3, 0.4) is 0 Å². The molecule has 1 rings (SSSR count). The van der Waals surface area contributed by atoms with Gasteiger partial charge in [-0.05, 0) is 46.0 Å². The fourth-order valence-electron chi connectivity index (χ4n) is 2.30. The van der Waals surface area contributed by atoms with Crippen LogP contribution in [-0.2, 0) is 4.74 Å². The van der Waals surface area contributed by atoms with Crippen LogP contribution in [0.5, 0.6) is 0 Å². The Hall–Kier alpha value is -1.33. The number of hydrogen-bond donors (Lipinski definition) is 0. The molecule has 0 N–H and O–H groups in total. The third kappa shape index (κ3) is 6.40. The monoisotopic (exact) mass is 272 g/mol. The minimum absolute atomic E-state index is 0.0168. The van der Waals surface area contributed by atoms with E-state index in [1.54, 1.807) is 4.90 Å². The van der Waals surface area contributed by atoms with Gasteiger partial charge in [-0.25, -0.2) is 4.79 Å². The van der Waals surface area contributed by atoms with E-state index in [0.717, 1.165) is 25.8 Å². The molecule has 6 nitrogen and oxygen atoms in total. The first kappa shape index (κ1) is 15.7. The molecule has 1 amide bonds. The van der Waals surface area contributed by atoms with Crippen LogP contribution in [0.1, 0.15) is 46.5 Å². The van der Waals surface area contributed by atoms with E-state index in [1.165, 1.54) is 0 Å². The maximum atomic E-state index is 11.9. The number of carbonyl (C=O) groups is 1. The Bertz CT molecular complexity index is 325. The highest BCUT2D eigenvalue weighted by Crippen LogP contribution is 2.22. The molecule has 19 heavy (non-hydrogen) atoms. The second-order valence-corrected chi connectivity index (χ2v) is 6.13. The molecule has 0 saturated carbocycles. The second kappa shape index (κ2) is 6.73. The predicted molar refractivity (Wildman–Crippen MR) is 71.6 cm³/mol.